The fourth-order valence-electron chi connectivity index (χ4n) is 3.56. The number of hydrogen-bond donors (Lipinski definition) is 1. The quantitative estimate of drug-likeness (QED) is 0.933. The summed E-state index contributed by atoms with van der Waals surface area (Å²) in [4.78, 5) is 18.9. The summed E-state index contributed by atoms with van der Waals surface area (Å²) in [6.07, 6.45) is 3.75. The van der Waals surface area contributed by atoms with E-state index in [0.717, 1.165) is 17.8 Å². The summed E-state index contributed by atoms with van der Waals surface area (Å²) >= 11 is 0. The molecule has 126 valence electrons. The van der Waals surface area contributed by atoms with Crippen molar-refractivity contribution in [3.8, 4) is 0 Å². The van der Waals surface area contributed by atoms with Crippen LogP contribution in [0.2, 0.25) is 0 Å². The largest absolute Gasteiger partial charge is 0.366 e. The minimum absolute atomic E-state index is 0.147. The van der Waals surface area contributed by atoms with E-state index in [9.17, 15) is 4.79 Å². The van der Waals surface area contributed by atoms with Crippen LogP contribution in [0, 0.1) is 6.92 Å². The van der Waals surface area contributed by atoms with E-state index in [2.05, 4.69) is 33.4 Å². The van der Waals surface area contributed by atoms with Gasteiger partial charge in [-0.25, -0.2) is 4.98 Å². The van der Waals surface area contributed by atoms with Gasteiger partial charge in [-0.15, -0.1) is 0 Å². The molecule has 1 aromatic carbocycles. The average molecular weight is 326 g/mol. The Kier molecular flexibility index (Phi) is 4.06. The number of aryl methyl sites for hydroxylation is 3. The molecule has 24 heavy (non-hydrogen) atoms. The number of carbonyl (C=O) groups is 1. The van der Waals surface area contributed by atoms with Crippen LogP contribution in [0.3, 0.4) is 0 Å². The van der Waals surface area contributed by atoms with Gasteiger partial charge in [0.2, 0.25) is 5.91 Å². The lowest BCUT2D eigenvalue weighted by atomic mass is 10.0. The third-order valence-corrected chi connectivity index (χ3v) is 4.84. The van der Waals surface area contributed by atoms with Gasteiger partial charge in [0.25, 0.3) is 0 Å². The second-order valence-corrected chi connectivity index (χ2v) is 6.61. The summed E-state index contributed by atoms with van der Waals surface area (Å²) in [5, 5.41) is 6.99. The highest BCUT2D eigenvalue weighted by Crippen LogP contribution is 2.24. The molecule has 0 saturated carbocycles. The monoisotopic (exact) mass is 326 g/mol. The molecule has 1 saturated heterocycles. The summed E-state index contributed by atoms with van der Waals surface area (Å²) in [7, 11) is 0. The Hall–Kier alpha value is -2.21. The van der Waals surface area contributed by atoms with E-state index in [1.807, 2.05) is 11.8 Å². The molecule has 1 aliphatic heterocycles. The number of nitrogens with one attached hydrogen (secondary N) is 1. The lowest BCUT2D eigenvalue weighted by Crippen LogP contribution is -2.43. The number of ether oxygens (including phenoxy) is 1. The van der Waals surface area contributed by atoms with Crippen molar-refractivity contribution in [1.29, 1.82) is 0 Å². The van der Waals surface area contributed by atoms with Gasteiger partial charge in [0.15, 0.2) is 5.82 Å². The molecule has 6 heteroatoms. The molecular weight excluding hydrogens is 304 g/mol. The normalized spacial score (nSPS) is 20.2. The first kappa shape index (κ1) is 15.3. The van der Waals surface area contributed by atoms with Crippen LogP contribution >= 0.6 is 0 Å². The van der Waals surface area contributed by atoms with Gasteiger partial charge in [0.05, 0.1) is 19.6 Å². The highest BCUT2D eigenvalue weighted by atomic mass is 16.5. The number of nitrogens with zero attached hydrogens (tertiary/aromatic N) is 3. The fraction of sp³-hybridized carbons (Fsp3) is 0.500. The Morgan fingerprint density at radius 2 is 2.25 bits per heavy atom. The molecule has 1 aliphatic carbocycles. The molecule has 2 heterocycles. The van der Waals surface area contributed by atoms with E-state index in [1.54, 1.807) is 0 Å². The highest BCUT2D eigenvalue weighted by Gasteiger charge is 2.28. The molecule has 0 unspecified atom stereocenters. The third-order valence-electron chi connectivity index (χ3n) is 4.84. The second-order valence-electron chi connectivity index (χ2n) is 6.61. The number of fused-ring (bicyclic) bond motifs is 1. The van der Waals surface area contributed by atoms with Gasteiger partial charge in [0, 0.05) is 6.54 Å². The number of morpholine rings is 1. The van der Waals surface area contributed by atoms with E-state index in [-0.39, 0.29) is 12.0 Å². The number of H-pyrrole nitrogens is 1. The number of rotatable bonds is 3. The number of hydrogen-bond acceptors (Lipinski definition) is 4. The van der Waals surface area contributed by atoms with Crippen LogP contribution in [-0.2, 0) is 28.8 Å². The predicted molar refractivity (Wildman–Crippen MR) is 88.6 cm³/mol. The zero-order valence-corrected chi connectivity index (χ0v) is 13.9. The molecule has 1 atom stereocenters. The minimum Gasteiger partial charge on any atom is -0.366 e. The summed E-state index contributed by atoms with van der Waals surface area (Å²) in [5.41, 5.74) is 3.96. The molecule has 0 radical (unpaired) electrons. The van der Waals surface area contributed by atoms with Crippen molar-refractivity contribution in [1.82, 2.24) is 20.1 Å². The zero-order valence-electron chi connectivity index (χ0n) is 13.9. The van der Waals surface area contributed by atoms with Crippen molar-refractivity contribution in [3.05, 3.63) is 46.5 Å². The van der Waals surface area contributed by atoms with E-state index in [1.165, 1.54) is 24.0 Å². The zero-order chi connectivity index (χ0) is 16.5. The van der Waals surface area contributed by atoms with Crippen LogP contribution in [0.1, 0.15) is 40.9 Å². The van der Waals surface area contributed by atoms with Gasteiger partial charge >= 0.3 is 0 Å². The fourth-order valence-corrected chi connectivity index (χ4v) is 3.56. The maximum atomic E-state index is 12.7. The SMILES string of the molecule is Cc1nc([C@H]2CN(C(=O)Cc3ccc4c(c3)CCC4)CCO2)n[nH]1. The van der Waals surface area contributed by atoms with Gasteiger partial charge in [-0.05, 0) is 42.9 Å². The molecule has 1 fully saturated rings. The maximum Gasteiger partial charge on any atom is 0.227 e. The first-order valence-corrected chi connectivity index (χ1v) is 8.58. The van der Waals surface area contributed by atoms with Gasteiger partial charge in [0.1, 0.15) is 11.9 Å². The Morgan fingerprint density at radius 3 is 3.08 bits per heavy atom. The molecule has 2 aromatic rings. The molecular formula is C18H22N4O2. The van der Waals surface area contributed by atoms with Crippen LogP contribution in [-0.4, -0.2) is 45.7 Å². The predicted octanol–water partition coefficient (Wildman–Crippen LogP) is 1.74. The maximum absolute atomic E-state index is 12.7. The van der Waals surface area contributed by atoms with Crippen LogP contribution in [0.5, 0.6) is 0 Å². The summed E-state index contributed by atoms with van der Waals surface area (Å²) in [6, 6.07) is 6.49. The van der Waals surface area contributed by atoms with E-state index in [0.29, 0.717) is 31.9 Å². The van der Waals surface area contributed by atoms with Crippen molar-refractivity contribution < 1.29 is 9.53 Å². The number of aromatic nitrogens is 3. The summed E-state index contributed by atoms with van der Waals surface area (Å²) in [6.45, 7) is 3.52. The molecule has 6 nitrogen and oxygen atoms in total. The number of benzene rings is 1. The third kappa shape index (κ3) is 3.06. The molecule has 4 rings (SSSR count). The topological polar surface area (TPSA) is 71.1 Å². The van der Waals surface area contributed by atoms with E-state index in [4.69, 9.17) is 4.74 Å². The van der Waals surface area contributed by atoms with Crippen molar-refractivity contribution in [2.45, 2.75) is 38.7 Å². The van der Waals surface area contributed by atoms with Crippen molar-refractivity contribution in [3.63, 3.8) is 0 Å². The molecule has 0 bridgehead atoms. The standard InChI is InChI=1S/C18H22N4O2/c1-12-19-18(21-20-12)16-11-22(7-8-24-16)17(23)10-13-5-6-14-3-2-4-15(14)9-13/h5-6,9,16H,2-4,7-8,10-11H2,1H3,(H,19,20,21)/t16-/m1/s1. The van der Waals surface area contributed by atoms with Gasteiger partial charge in [-0.1, -0.05) is 18.2 Å². The van der Waals surface area contributed by atoms with Crippen molar-refractivity contribution in [2.24, 2.45) is 0 Å². The minimum atomic E-state index is -0.243. The molecule has 1 amide bonds. The Balaban J connectivity index is 1.42. The van der Waals surface area contributed by atoms with Crippen LogP contribution < -0.4 is 0 Å². The lowest BCUT2D eigenvalue weighted by Gasteiger charge is -2.31. The van der Waals surface area contributed by atoms with Crippen molar-refractivity contribution >= 4 is 5.91 Å². The van der Waals surface area contributed by atoms with Crippen LogP contribution in [0.15, 0.2) is 18.2 Å². The molecule has 1 aromatic heterocycles. The summed E-state index contributed by atoms with van der Waals surface area (Å²) in [5.74, 6) is 1.53. The highest BCUT2D eigenvalue weighted by molar-refractivity contribution is 5.79. The van der Waals surface area contributed by atoms with Gasteiger partial charge in [-0.2, -0.15) is 5.10 Å². The second kappa shape index (κ2) is 6.36. The smallest absolute Gasteiger partial charge is 0.227 e. The van der Waals surface area contributed by atoms with Crippen molar-refractivity contribution in [2.75, 3.05) is 19.7 Å². The van der Waals surface area contributed by atoms with E-state index < -0.39 is 0 Å². The van der Waals surface area contributed by atoms with Crippen LogP contribution in [0.4, 0.5) is 0 Å². The Morgan fingerprint density at radius 1 is 1.38 bits per heavy atom. The summed E-state index contributed by atoms with van der Waals surface area (Å²) < 4.78 is 5.73. The van der Waals surface area contributed by atoms with E-state index >= 15 is 0 Å². The van der Waals surface area contributed by atoms with Gasteiger partial charge in [-0.3, -0.25) is 9.89 Å². The molecule has 2 aliphatic rings. The van der Waals surface area contributed by atoms with Crippen LogP contribution in [0.25, 0.3) is 0 Å². The van der Waals surface area contributed by atoms with Gasteiger partial charge < -0.3 is 9.64 Å². The molecule has 1 N–H and O–H groups in total. The number of amides is 1. The number of aromatic amines is 1. The lowest BCUT2D eigenvalue weighted by molar-refractivity contribution is -0.138. The first-order chi connectivity index (χ1) is 11.7. The average Bonchev–Trinajstić information content (AvgIpc) is 3.23. The Bertz CT molecular complexity index is 755. The molecule has 0 spiro atoms. The first-order valence-electron chi connectivity index (χ1n) is 8.58. The Labute approximate surface area is 141 Å². The number of carbonyl (C=O) groups excluding carboxylic acids is 1.